The van der Waals surface area contributed by atoms with E-state index in [0.717, 1.165) is 79.7 Å². The number of benzene rings is 6. The molecule has 10 rings (SSSR count). The van der Waals surface area contributed by atoms with Crippen molar-refractivity contribution in [1.82, 2.24) is 15.0 Å². The van der Waals surface area contributed by atoms with Gasteiger partial charge in [0.15, 0.2) is 5.82 Å². The number of para-hydroxylation sites is 1. The van der Waals surface area contributed by atoms with Gasteiger partial charge in [0.1, 0.15) is 11.2 Å². The zero-order chi connectivity index (χ0) is 33.7. The minimum atomic E-state index is 0.666. The summed E-state index contributed by atoms with van der Waals surface area (Å²) in [6.07, 6.45) is 3.83. The van der Waals surface area contributed by atoms with Crippen molar-refractivity contribution in [1.29, 1.82) is 0 Å². The summed E-state index contributed by atoms with van der Waals surface area (Å²) in [5.74, 6) is 0.666. The van der Waals surface area contributed by atoms with Crippen LogP contribution in [-0.4, -0.2) is 15.0 Å². The molecule has 0 fully saturated rings. The summed E-state index contributed by atoms with van der Waals surface area (Å²) in [6, 6.07) is 55.0. The van der Waals surface area contributed by atoms with Crippen molar-refractivity contribution < 1.29 is 4.42 Å². The minimum absolute atomic E-state index is 0.666. The van der Waals surface area contributed by atoms with Gasteiger partial charge in [-0.3, -0.25) is 4.98 Å². The van der Waals surface area contributed by atoms with Crippen molar-refractivity contribution >= 4 is 21.9 Å². The summed E-state index contributed by atoms with van der Waals surface area (Å²) in [7, 11) is 0. The molecule has 9 aromatic rings. The van der Waals surface area contributed by atoms with E-state index in [-0.39, 0.29) is 0 Å². The molecular weight excluding hydrogens is 623 g/mol. The zero-order valence-corrected chi connectivity index (χ0v) is 27.8. The molecule has 3 heterocycles. The van der Waals surface area contributed by atoms with Gasteiger partial charge in [0, 0.05) is 44.8 Å². The van der Waals surface area contributed by atoms with E-state index in [4.69, 9.17) is 14.4 Å². The second kappa shape index (κ2) is 12.0. The normalized spacial score (nSPS) is 12.2. The second-order valence-electron chi connectivity index (χ2n) is 13.1. The average molecular weight is 654 g/mol. The SMILES string of the molecule is c1ccc(-c2cc(-c3ccc(-c4cccc5c4CCc4ccccc4-5)c4oc5ccccc5c34)nc(-c3ccc(-c4ccccn4)cc3)n2)cc1. The Morgan fingerprint density at radius 3 is 2.00 bits per heavy atom. The topological polar surface area (TPSA) is 51.8 Å². The Balaban J connectivity index is 1.18. The molecular formula is C47H31N3O. The van der Waals surface area contributed by atoms with Crippen LogP contribution in [-0.2, 0) is 12.8 Å². The smallest absolute Gasteiger partial charge is 0.160 e. The molecule has 0 atom stereocenters. The summed E-state index contributed by atoms with van der Waals surface area (Å²) >= 11 is 0. The fraction of sp³-hybridized carbons (Fsp3) is 0.0426. The van der Waals surface area contributed by atoms with Crippen molar-refractivity contribution in [3.8, 4) is 67.4 Å². The molecule has 0 spiro atoms. The van der Waals surface area contributed by atoms with Crippen LogP contribution in [0.15, 0.2) is 168 Å². The number of rotatable bonds is 5. The number of hydrogen-bond acceptors (Lipinski definition) is 4. The first-order valence-electron chi connectivity index (χ1n) is 17.4. The van der Waals surface area contributed by atoms with Gasteiger partial charge >= 0.3 is 0 Å². The minimum Gasteiger partial charge on any atom is -0.455 e. The maximum Gasteiger partial charge on any atom is 0.160 e. The van der Waals surface area contributed by atoms with E-state index >= 15 is 0 Å². The van der Waals surface area contributed by atoms with Crippen molar-refractivity contribution in [2.45, 2.75) is 12.8 Å². The predicted octanol–water partition coefficient (Wildman–Crippen LogP) is 11.9. The van der Waals surface area contributed by atoms with Gasteiger partial charge < -0.3 is 4.42 Å². The van der Waals surface area contributed by atoms with Crippen molar-refractivity contribution in [3.05, 3.63) is 175 Å². The van der Waals surface area contributed by atoms with Gasteiger partial charge in [-0.25, -0.2) is 9.97 Å². The number of aryl methyl sites for hydroxylation is 1. The van der Waals surface area contributed by atoms with Gasteiger partial charge in [0.2, 0.25) is 0 Å². The third kappa shape index (κ3) is 5.03. The van der Waals surface area contributed by atoms with E-state index in [1.807, 2.05) is 48.7 Å². The molecule has 1 aliphatic rings. The maximum atomic E-state index is 6.80. The highest BCUT2D eigenvalue weighted by Gasteiger charge is 2.24. The Labute approximate surface area is 295 Å². The molecule has 240 valence electrons. The molecule has 4 nitrogen and oxygen atoms in total. The second-order valence-corrected chi connectivity index (χ2v) is 13.1. The third-order valence-electron chi connectivity index (χ3n) is 10.1. The number of nitrogens with zero attached hydrogens (tertiary/aromatic N) is 3. The number of pyridine rings is 1. The Kier molecular flexibility index (Phi) is 6.91. The summed E-state index contributed by atoms with van der Waals surface area (Å²) < 4.78 is 6.80. The highest BCUT2D eigenvalue weighted by atomic mass is 16.3. The van der Waals surface area contributed by atoms with E-state index in [0.29, 0.717) is 5.82 Å². The van der Waals surface area contributed by atoms with Gasteiger partial charge in [-0.1, -0.05) is 127 Å². The molecule has 0 amide bonds. The molecule has 51 heavy (non-hydrogen) atoms. The van der Waals surface area contributed by atoms with Crippen LogP contribution in [0, 0.1) is 0 Å². The first-order valence-corrected chi connectivity index (χ1v) is 17.4. The van der Waals surface area contributed by atoms with Gasteiger partial charge in [-0.05, 0) is 71.0 Å². The number of furan rings is 1. The molecule has 0 radical (unpaired) electrons. The quantitative estimate of drug-likeness (QED) is 0.185. The fourth-order valence-electron chi connectivity index (χ4n) is 7.67. The molecule has 0 unspecified atom stereocenters. The summed E-state index contributed by atoms with van der Waals surface area (Å²) in [5.41, 5.74) is 16.2. The molecule has 0 saturated carbocycles. The molecule has 6 aromatic carbocycles. The van der Waals surface area contributed by atoms with E-state index < -0.39 is 0 Å². The van der Waals surface area contributed by atoms with Crippen LogP contribution in [0.3, 0.4) is 0 Å². The number of fused-ring (bicyclic) bond motifs is 6. The third-order valence-corrected chi connectivity index (χ3v) is 10.1. The highest BCUT2D eigenvalue weighted by molar-refractivity contribution is 6.16. The first-order chi connectivity index (χ1) is 25.3. The van der Waals surface area contributed by atoms with E-state index in [1.54, 1.807) is 0 Å². The van der Waals surface area contributed by atoms with Crippen molar-refractivity contribution in [2.24, 2.45) is 0 Å². The van der Waals surface area contributed by atoms with E-state index in [1.165, 1.54) is 27.8 Å². The fourth-order valence-corrected chi connectivity index (χ4v) is 7.67. The van der Waals surface area contributed by atoms with Crippen LogP contribution in [0.25, 0.3) is 89.4 Å². The Morgan fingerprint density at radius 1 is 0.451 bits per heavy atom. The lowest BCUT2D eigenvalue weighted by Crippen LogP contribution is -2.05. The van der Waals surface area contributed by atoms with Crippen LogP contribution < -0.4 is 0 Å². The predicted molar refractivity (Wildman–Crippen MR) is 207 cm³/mol. The van der Waals surface area contributed by atoms with E-state index in [9.17, 15) is 0 Å². The van der Waals surface area contributed by atoms with Crippen molar-refractivity contribution in [3.63, 3.8) is 0 Å². The highest BCUT2D eigenvalue weighted by Crippen LogP contribution is 2.45. The van der Waals surface area contributed by atoms with Crippen LogP contribution in [0.4, 0.5) is 0 Å². The van der Waals surface area contributed by atoms with Gasteiger partial charge in [0.25, 0.3) is 0 Å². The zero-order valence-electron chi connectivity index (χ0n) is 27.8. The van der Waals surface area contributed by atoms with Crippen molar-refractivity contribution in [2.75, 3.05) is 0 Å². The molecule has 3 aromatic heterocycles. The Hall–Kier alpha value is -6.65. The monoisotopic (exact) mass is 653 g/mol. The molecule has 0 N–H and O–H groups in total. The molecule has 1 aliphatic carbocycles. The molecule has 0 bridgehead atoms. The largest absolute Gasteiger partial charge is 0.455 e. The molecule has 0 saturated heterocycles. The number of hydrogen-bond donors (Lipinski definition) is 0. The maximum absolute atomic E-state index is 6.80. The molecule has 0 aliphatic heterocycles. The summed E-state index contributed by atoms with van der Waals surface area (Å²) in [6.45, 7) is 0. The van der Waals surface area contributed by atoms with Crippen LogP contribution in [0.5, 0.6) is 0 Å². The van der Waals surface area contributed by atoms with E-state index in [2.05, 4.69) is 120 Å². The van der Waals surface area contributed by atoms with Crippen LogP contribution >= 0.6 is 0 Å². The molecule has 4 heteroatoms. The standard InChI is InChI=1S/C47H31N3O/c1-2-12-31(13-3-1)42-29-43(50-47(49-42)33-22-20-32(21-23-33)41-18-8-9-28-48-41)39-27-26-38(46-45(39)40-15-6-7-19-44(40)51-46)36-17-10-16-35-34-14-5-4-11-30(34)24-25-37(35)36/h1-23,26-29H,24-25H2. The van der Waals surface area contributed by atoms with Gasteiger partial charge in [-0.15, -0.1) is 0 Å². The van der Waals surface area contributed by atoms with Gasteiger partial charge in [-0.2, -0.15) is 0 Å². The lowest BCUT2D eigenvalue weighted by Gasteiger charge is -2.23. The van der Waals surface area contributed by atoms with Crippen LogP contribution in [0.1, 0.15) is 11.1 Å². The summed E-state index contributed by atoms with van der Waals surface area (Å²) in [5, 5.41) is 2.13. The Morgan fingerprint density at radius 2 is 1.14 bits per heavy atom. The van der Waals surface area contributed by atoms with Crippen LogP contribution in [0.2, 0.25) is 0 Å². The average Bonchev–Trinajstić information content (AvgIpc) is 3.61. The number of aromatic nitrogens is 3. The lowest BCUT2D eigenvalue weighted by molar-refractivity contribution is 0.670. The lowest BCUT2D eigenvalue weighted by atomic mass is 9.81. The summed E-state index contributed by atoms with van der Waals surface area (Å²) in [4.78, 5) is 14.9. The Bertz CT molecular complexity index is 2730. The first kappa shape index (κ1) is 29.3. The van der Waals surface area contributed by atoms with Gasteiger partial charge in [0.05, 0.1) is 17.1 Å².